The maximum absolute atomic E-state index is 12.1. The fraction of sp³-hybridized carbons (Fsp3) is 0.368. The minimum absolute atomic E-state index is 0.0774. The SMILES string of the molecule is CC[C@@H](NC(=O)NC[C@@H](O)c1cc(C)cc(C)c1)c1ccncc1. The molecular weight excluding hydrogens is 302 g/mol. The first-order valence-electron chi connectivity index (χ1n) is 8.20. The van der Waals surface area contributed by atoms with E-state index in [0.717, 1.165) is 28.7 Å². The number of aliphatic hydroxyl groups excluding tert-OH is 1. The molecule has 0 spiro atoms. The summed E-state index contributed by atoms with van der Waals surface area (Å²) in [6.07, 6.45) is 3.47. The van der Waals surface area contributed by atoms with E-state index < -0.39 is 6.10 Å². The van der Waals surface area contributed by atoms with Crippen LogP contribution in [-0.4, -0.2) is 22.7 Å². The Hall–Kier alpha value is -2.40. The lowest BCUT2D eigenvalue weighted by molar-refractivity contribution is 0.172. The molecule has 24 heavy (non-hydrogen) atoms. The van der Waals surface area contributed by atoms with E-state index in [1.54, 1.807) is 12.4 Å². The highest BCUT2D eigenvalue weighted by atomic mass is 16.3. The lowest BCUT2D eigenvalue weighted by Gasteiger charge is -2.19. The first-order valence-corrected chi connectivity index (χ1v) is 8.20. The predicted octanol–water partition coefficient (Wildman–Crippen LogP) is 3.18. The highest BCUT2D eigenvalue weighted by molar-refractivity contribution is 5.74. The van der Waals surface area contributed by atoms with Gasteiger partial charge >= 0.3 is 6.03 Å². The maximum atomic E-state index is 12.1. The summed E-state index contributed by atoms with van der Waals surface area (Å²) in [5, 5.41) is 15.9. The van der Waals surface area contributed by atoms with Gasteiger partial charge in [0.05, 0.1) is 12.1 Å². The van der Waals surface area contributed by atoms with Crippen LogP contribution in [0.15, 0.2) is 42.7 Å². The fourth-order valence-electron chi connectivity index (χ4n) is 2.74. The number of hydrogen-bond acceptors (Lipinski definition) is 3. The lowest BCUT2D eigenvalue weighted by atomic mass is 10.0. The highest BCUT2D eigenvalue weighted by Gasteiger charge is 2.14. The molecule has 0 saturated heterocycles. The molecule has 5 heteroatoms. The molecule has 0 aliphatic carbocycles. The summed E-state index contributed by atoms with van der Waals surface area (Å²) >= 11 is 0. The number of hydrogen-bond donors (Lipinski definition) is 3. The van der Waals surface area contributed by atoms with Crippen LogP contribution in [0, 0.1) is 13.8 Å². The van der Waals surface area contributed by atoms with Crippen molar-refractivity contribution in [1.29, 1.82) is 0 Å². The van der Waals surface area contributed by atoms with Crippen LogP contribution in [0.5, 0.6) is 0 Å². The van der Waals surface area contributed by atoms with E-state index in [1.165, 1.54) is 0 Å². The molecule has 2 amide bonds. The van der Waals surface area contributed by atoms with Gasteiger partial charge in [-0.3, -0.25) is 4.98 Å². The molecule has 0 bridgehead atoms. The Bertz CT molecular complexity index is 653. The predicted molar refractivity (Wildman–Crippen MR) is 94.7 cm³/mol. The average Bonchev–Trinajstić information content (AvgIpc) is 2.57. The largest absolute Gasteiger partial charge is 0.387 e. The van der Waals surface area contributed by atoms with Crippen molar-refractivity contribution in [2.75, 3.05) is 6.54 Å². The Balaban J connectivity index is 1.90. The Morgan fingerprint density at radius 2 is 1.75 bits per heavy atom. The zero-order chi connectivity index (χ0) is 17.5. The van der Waals surface area contributed by atoms with E-state index in [9.17, 15) is 9.90 Å². The summed E-state index contributed by atoms with van der Waals surface area (Å²) in [5.74, 6) is 0. The second-order valence-electron chi connectivity index (χ2n) is 6.03. The number of urea groups is 1. The van der Waals surface area contributed by atoms with Crippen LogP contribution < -0.4 is 10.6 Å². The molecule has 0 radical (unpaired) electrons. The van der Waals surface area contributed by atoms with Gasteiger partial charge in [0, 0.05) is 18.9 Å². The molecule has 2 atom stereocenters. The molecule has 2 rings (SSSR count). The molecule has 1 heterocycles. The molecule has 0 unspecified atom stereocenters. The van der Waals surface area contributed by atoms with Crippen LogP contribution in [0.2, 0.25) is 0 Å². The number of rotatable bonds is 6. The zero-order valence-corrected chi connectivity index (χ0v) is 14.4. The standard InChI is InChI=1S/C19H25N3O2/c1-4-17(15-5-7-20-8-6-15)22-19(24)21-12-18(23)16-10-13(2)9-14(3)11-16/h5-11,17-18,23H,4,12H2,1-3H3,(H2,21,22,24)/t17-,18-/m1/s1. The third-order valence-corrected chi connectivity index (χ3v) is 3.91. The number of nitrogens with zero attached hydrogens (tertiary/aromatic N) is 1. The molecule has 0 aliphatic heterocycles. The molecule has 2 aromatic rings. The third-order valence-electron chi connectivity index (χ3n) is 3.91. The molecule has 3 N–H and O–H groups in total. The Labute approximate surface area is 143 Å². The van der Waals surface area contributed by atoms with Crippen LogP contribution >= 0.6 is 0 Å². The van der Waals surface area contributed by atoms with Gasteiger partial charge in [-0.15, -0.1) is 0 Å². The summed E-state index contributed by atoms with van der Waals surface area (Å²) in [6, 6.07) is 9.33. The minimum atomic E-state index is -0.727. The van der Waals surface area contributed by atoms with Crippen molar-refractivity contribution in [3.8, 4) is 0 Å². The second-order valence-corrected chi connectivity index (χ2v) is 6.03. The van der Waals surface area contributed by atoms with Crippen LogP contribution in [0.4, 0.5) is 4.79 Å². The van der Waals surface area contributed by atoms with Gasteiger partial charge in [0.15, 0.2) is 0 Å². The van der Waals surface area contributed by atoms with Gasteiger partial charge in [0.25, 0.3) is 0 Å². The number of pyridine rings is 1. The van der Waals surface area contributed by atoms with E-state index in [4.69, 9.17) is 0 Å². The highest BCUT2D eigenvalue weighted by Crippen LogP contribution is 2.17. The van der Waals surface area contributed by atoms with Gasteiger partial charge in [0.2, 0.25) is 0 Å². The molecule has 128 valence electrons. The van der Waals surface area contributed by atoms with Gasteiger partial charge in [0.1, 0.15) is 0 Å². The number of aryl methyl sites for hydroxylation is 2. The van der Waals surface area contributed by atoms with Crippen LogP contribution in [0.1, 0.15) is 47.7 Å². The third kappa shape index (κ3) is 5.06. The van der Waals surface area contributed by atoms with Crippen LogP contribution in [-0.2, 0) is 0 Å². The average molecular weight is 327 g/mol. The maximum Gasteiger partial charge on any atom is 0.315 e. The van der Waals surface area contributed by atoms with Gasteiger partial charge in [-0.05, 0) is 43.5 Å². The normalized spacial score (nSPS) is 13.2. The first-order chi connectivity index (χ1) is 11.5. The number of carbonyl (C=O) groups excluding carboxylic acids is 1. The number of amides is 2. The van der Waals surface area contributed by atoms with Gasteiger partial charge < -0.3 is 15.7 Å². The number of nitrogens with one attached hydrogen (secondary N) is 2. The summed E-state index contributed by atoms with van der Waals surface area (Å²) in [7, 11) is 0. The van der Waals surface area contributed by atoms with Crippen molar-refractivity contribution in [2.45, 2.75) is 39.3 Å². The van der Waals surface area contributed by atoms with Gasteiger partial charge in [-0.2, -0.15) is 0 Å². The van der Waals surface area contributed by atoms with E-state index in [2.05, 4.69) is 21.7 Å². The molecule has 5 nitrogen and oxygen atoms in total. The van der Waals surface area contributed by atoms with Gasteiger partial charge in [-0.1, -0.05) is 36.2 Å². The molecule has 0 saturated carbocycles. The number of carbonyl (C=O) groups is 1. The fourth-order valence-corrected chi connectivity index (χ4v) is 2.74. The Kier molecular flexibility index (Phi) is 6.32. The van der Waals surface area contributed by atoms with E-state index in [1.807, 2.05) is 45.0 Å². The number of aromatic nitrogens is 1. The van der Waals surface area contributed by atoms with Crippen molar-refractivity contribution in [1.82, 2.24) is 15.6 Å². The smallest absolute Gasteiger partial charge is 0.315 e. The second kappa shape index (κ2) is 8.45. The molecule has 1 aromatic carbocycles. The minimum Gasteiger partial charge on any atom is -0.387 e. The number of aliphatic hydroxyl groups is 1. The summed E-state index contributed by atoms with van der Waals surface area (Å²) < 4.78 is 0. The first kappa shape index (κ1) is 17.9. The van der Waals surface area contributed by atoms with Crippen LogP contribution in [0.25, 0.3) is 0 Å². The summed E-state index contributed by atoms with van der Waals surface area (Å²) in [4.78, 5) is 16.1. The molecular formula is C19H25N3O2. The van der Waals surface area contributed by atoms with Crippen molar-refractivity contribution in [3.05, 3.63) is 65.0 Å². The Morgan fingerprint density at radius 1 is 1.12 bits per heavy atom. The van der Waals surface area contributed by atoms with E-state index >= 15 is 0 Å². The van der Waals surface area contributed by atoms with Gasteiger partial charge in [-0.25, -0.2) is 4.79 Å². The topological polar surface area (TPSA) is 74.2 Å². The molecule has 0 aliphatic rings. The molecule has 0 fully saturated rings. The monoisotopic (exact) mass is 327 g/mol. The van der Waals surface area contributed by atoms with E-state index in [-0.39, 0.29) is 18.6 Å². The quantitative estimate of drug-likeness (QED) is 0.763. The lowest BCUT2D eigenvalue weighted by Crippen LogP contribution is -2.39. The van der Waals surface area contributed by atoms with Crippen LogP contribution in [0.3, 0.4) is 0 Å². The van der Waals surface area contributed by atoms with Crippen molar-refractivity contribution in [3.63, 3.8) is 0 Å². The Morgan fingerprint density at radius 3 is 2.33 bits per heavy atom. The zero-order valence-electron chi connectivity index (χ0n) is 14.4. The van der Waals surface area contributed by atoms with Crippen molar-refractivity contribution in [2.24, 2.45) is 0 Å². The van der Waals surface area contributed by atoms with Crippen molar-refractivity contribution >= 4 is 6.03 Å². The van der Waals surface area contributed by atoms with E-state index in [0.29, 0.717) is 0 Å². The summed E-state index contributed by atoms with van der Waals surface area (Å²) in [6.45, 7) is 6.16. The van der Waals surface area contributed by atoms with Crippen molar-refractivity contribution < 1.29 is 9.90 Å². The summed E-state index contributed by atoms with van der Waals surface area (Å²) in [5.41, 5.74) is 4.01. The number of benzene rings is 1. The molecule has 1 aromatic heterocycles.